The molecule has 4 rings (SSSR count). The second kappa shape index (κ2) is 12.9. The Hall–Kier alpha value is -2.97. The van der Waals surface area contributed by atoms with Gasteiger partial charge in [-0.3, -0.25) is 14.4 Å². The van der Waals surface area contributed by atoms with Crippen LogP contribution in [0.1, 0.15) is 70.9 Å². The monoisotopic (exact) mass is 594 g/mol. The molecule has 3 fully saturated rings. The van der Waals surface area contributed by atoms with Gasteiger partial charge in [0.15, 0.2) is 0 Å². The average Bonchev–Trinajstić information content (AvgIpc) is 3.48. The number of allylic oxidation sites excluding steroid dienone is 1. The molecule has 2 amide bonds. The van der Waals surface area contributed by atoms with Crippen LogP contribution in [0.5, 0.6) is 0 Å². The quantitative estimate of drug-likeness (QED) is 0.182. The van der Waals surface area contributed by atoms with E-state index >= 15 is 4.79 Å². The molecule has 3 aliphatic rings. The van der Waals surface area contributed by atoms with Gasteiger partial charge in [0, 0.05) is 12.2 Å². The first-order valence-corrected chi connectivity index (χ1v) is 15.8. The van der Waals surface area contributed by atoms with Crippen molar-refractivity contribution in [2.75, 3.05) is 24.7 Å². The number of unbranched alkanes of at least 4 members (excludes halogenated alkanes) is 2. The number of likely N-dealkylation sites (tertiary alicyclic amines) is 1. The largest absolute Gasteiger partial charge is 0.465 e. The molecule has 3 unspecified atom stereocenters. The molecule has 0 radical (unpaired) electrons. The van der Waals surface area contributed by atoms with Crippen LogP contribution in [-0.2, 0) is 23.9 Å². The van der Waals surface area contributed by atoms with Crippen LogP contribution in [0.3, 0.4) is 0 Å². The predicted octanol–water partition coefficient (Wildman–Crippen LogP) is 5.14. The molecule has 3 aliphatic heterocycles. The van der Waals surface area contributed by atoms with Crippen LogP contribution in [0, 0.1) is 37.5 Å². The number of fused-ring (bicyclic) bond motifs is 1. The number of hydrogen-bond donors (Lipinski definition) is 1. The molecule has 3 saturated heterocycles. The summed E-state index contributed by atoms with van der Waals surface area (Å²) >= 11 is 0. The Morgan fingerprint density at radius 2 is 1.91 bits per heavy atom. The van der Waals surface area contributed by atoms with Crippen molar-refractivity contribution in [2.45, 2.75) is 96.9 Å². The van der Waals surface area contributed by atoms with Gasteiger partial charge in [0.1, 0.15) is 17.6 Å². The Labute approximate surface area is 257 Å². The van der Waals surface area contributed by atoms with Gasteiger partial charge >= 0.3 is 5.97 Å². The molecular formula is C35H50N2O6. The first-order chi connectivity index (χ1) is 20.4. The number of aryl methyl sites for hydroxylation is 2. The van der Waals surface area contributed by atoms with Crippen LogP contribution in [0.15, 0.2) is 43.5 Å². The minimum Gasteiger partial charge on any atom is -0.465 e. The maximum absolute atomic E-state index is 15.0. The number of benzene rings is 1. The number of aliphatic hydroxyl groups is 1. The van der Waals surface area contributed by atoms with Gasteiger partial charge in [-0.25, -0.2) is 0 Å². The zero-order valence-corrected chi connectivity index (χ0v) is 26.8. The van der Waals surface area contributed by atoms with E-state index in [0.717, 1.165) is 29.7 Å². The SMILES string of the molecule is C=CCCCCOC(=O)[C@@H]1[C@H]2C(=O)N([C@@H](CO)[C@@H](C)CC)C(C(=O)N(CC=C)c3c(C)cccc3C)C23CC(C)[C@@]1(C)O3. The third-order valence-electron chi connectivity index (χ3n) is 10.4. The summed E-state index contributed by atoms with van der Waals surface area (Å²) in [7, 11) is 0. The van der Waals surface area contributed by atoms with Crippen molar-refractivity contribution < 1.29 is 29.0 Å². The number of esters is 1. The molecule has 1 N–H and O–H groups in total. The molecule has 0 aromatic heterocycles. The number of nitrogens with zero attached hydrogens (tertiary/aromatic N) is 2. The van der Waals surface area contributed by atoms with Gasteiger partial charge in [0.25, 0.3) is 5.91 Å². The third kappa shape index (κ3) is 5.35. The number of rotatable bonds is 14. The van der Waals surface area contributed by atoms with E-state index < -0.39 is 41.1 Å². The number of carbonyl (C=O) groups excluding carboxylic acids is 3. The lowest BCUT2D eigenvalue weighted by atomic mass is 9.62. The topological polar surface area (TPSA) is 96.4 Å². The summed E-state index contributed by atoms with van der Waals surface area (Å²) in [5.41, 5.74) is 0.430. The molecule has 8 atom stereocenters. The fourth-order valence-electron chi connectivity index (χ4n) is 7.94. The maximum atomic E-state index is 15.0. The van der Waals surface area contributed by atoms with Crippen LogP contribution >= 0.6 is 0 Å². The Bertz CT molecular complexity index is 1230. The van der Waals surface area contributed by atoms with Gasteiger partial charge in [-0.15, -0.1) is 13.2 Å². The van der Waals surface area contributed by atoms with E-state index in [0.29, 0.717) is 19.3 Å². The highest BCUT2D eigenvalue weighted by Crippen LogP contribution is 2.66. The highest BCUT2D eigenvalue weighted by atomic mass is 16.6. The van der Waals surface area contributed by atoms with E-state index in [1.807, 2.05) is 65.8 Å². The van der Waals surface area contributed by atoms with Gasteiger partial charge in [-0.2, -0.15) is 0 Å². The zero-order valence-electron chi connectivity index (χ0n) is 26.8. The Morgan fingerprint density at radius 1 is 1.23 bits per heavy atom. The standard InChI is InChI=1S/C35H50N2O6/c1-9-12-13-14-19-42-33(41)28-27-31(39)37(26(21-38)22(4)11-3)30(35(27)20-25(7)34(28,8)43-35)32(40)36(18-10-2)29-23(5)16-15-17-24(29)6/h9-10,15-17,22,25-28,30,38H,1-2,11-14,18-21H2,3-8H3/t22-,25?,26-,27-,28-,30?,34+,35?/m0/s1. The molecule has 1 aromatic carbocycles. The first kappa shape index (κ1) is 32.9. The molecule has 1 aromatic rings. The van der Waals surface area contributed by atoms with Gasteiger partial charge in [-0.1, -0.05) is 57.5 Å². The van der Waals surface area contributed by atoms with Gasteiger partial charge < -0.3 is 24.4 Å². The Balaban J connectivity index is 1.84. The zero-order chi connectivity index (χ0) is 31.7. The van der Waals surface area contributed by atoms with Crippen molar-refractivity contribution in [2.24, 2.45) is 23.7 Å². The van der Waals surface area contributed by atoms with E-state index in [1.54, 1.807) is 15.9 Å². The van der Waals surface area contributed by atoms with Crippen LogP contribution in [0.2, 0.25) is 0 Å². The van der Waals surface area contributed by atoms with Crippen LogP contribution in [0.25, 0.3) is 0 Å². The lowest BCUT2D eigenvalue weighted by molar-refractivity contribution is -0.163. The fraction of sp³-hybridized carbons (Fsp3) is 0.629. The van der Waals surface area contributed by atoms with Crippen molar-refractivity contribution in [1.29, 1.82) is 0 Å². The van der Waals surface area contributed by atoms with Crippen molar-refractivity contribution in [3.63, 3.8) is 0 Å². The normalized spacial score (nSPS) is 30.6. The number of ether oxygens (including phenoxy) is 2. The van der Waals surface area contributed by atoms with Crippen LogP contribution in [-0.4, -0.2) is 70.8 Å². The molecule has 43 heavy (non-hydrogen) atoms. The predicted molar refractivity (Wildman–Crippen MR) is 167 cm³/mol. The summed E-state index contributed by atoms with van der Waals surface area (Å²) in [6.07, 6.45) is 7.05. The van der Waals surface area contributed by atoms with E-state index in [9.17, 15) is 14.7 Å². The first-order valence-electron chi connectivity index (χ1n) is 15.8. The van der Waals surface area contributed by atoms with Gasteiger partial charge in [0.05, 0.1) is 30.8 Å². The maximum Gasteiger partial charge on any atom is 0.312 e. The number of aliphatic hydroxyl groups excluding tert-OH is 1. The van der Waals surface area contributed by atoms with Crippen LogP contribution in [0.4, 0.5) is 5.69 Å². The molecule has 0 saturated carbocycles. The van der Waals surface area contributed by atoms with Crippen LogP contribution < -0.4 is 4.90 Å². The molecule has 0 aliphatic carbocycles. The lowest BCUT2D eigenvalue weighted by Crippen LogP contribution is -2.60. The molecule has 236 valence electrons. The number of anilines is 1. The molecule has 2 bridgehead atoms. The molecule has 3 heterocycles. The Kier molecular flexibility index (Phi) is 9.92. The molecule has 1 spiro atoms. The van der Waals surface area contributed by atoms with Gasteiger partial charge in [-0.05, 0) is 69.4 Å². The number of amides is 2. The second-order valence-electron chi connectivity index (χ2n) is 13.0. The molecule has 8 heteroatoms. The van der Waals surface area contributed by atoms with Gasteiger partial charge in [0.2, 0.25) is 5.91 Å². The number of para-hydroxylation sites is 1. The smallest absolute Gasteiger partial charge is 0.312 e. The van der Waals surface area contributed by atoms with E-state index in [2.05, 4.69) is 13.2 Å². The lowest BCUT2D eigenvalue weighted by Gasteiger charge is -2.41. The summed E-state index contributed by atoms with van der Waals surface area (Å²) in [5.74, 6) is -2.99. The minimum atomic E-state index is -1.23. The molecular weight excluding hydrogens is 544 g/mol. The van der Waals surface area contributed by atoms with Crippen molar-refractivity contribution in [3.8, 4) is 0 Å². The minimum absolute atomic E-state index is 0.0898. The highest BCUT2D eigenvalue weighted by molar-refractivity contribution is 6.05. The fourth-order valence-corrected chi connectivity index (χ4v) is 7.94. The van der Waals surface area contributed by atoms with E-state index in [1.165, 1.54) is 0 Å². The summed E-state index contributed by atoms with van der Waals surface area (Å²) in [5, 5.41) is 10.7. The average molecular weight is 595 g/mol. The third-order valence-corrected chi connectivity index (χ3v) is 10.4. The number of hydrogen-bond acceptors (Lipinski definition) is 6. The highest BCUT2D eigenvalue weighted by Gasteiger charge is 2.81. The van der Waals surface area contributed by atoms with E-state index in [-0.39, 0.29) is 43.4 Å². The summed E-state index contributed by atoms with van der Waals surface area (Å²) in [6, 6.07) is 4.23. The molecule has 8 nitrogen and oxygen atoms in total. The van der Waals surface area contributed by atoms with E-state index in [4.69, 9.17) is 9.47 Å². The Morgan fingerprint density at radius 3 is 2.49 bits per heavy atom. The summed E-state index contributed by atoms with van der Waals surface area (Å²) < 4.78 is 12.7. The van der Waals surface area contributed by atoms with Crippen molar-refractivity contribution in [3.05, 3.63) is 54.6 Å². The van der Waals surface area contributed by atoms with Crippen molar-refractivity contribution >= 4 is 23.5 Å². The van der Waals surface area contributed by atoms with Crippen molar-refractivity contribution in [1.82, 2.24) is 4.90 Å². The summed E-state index contributed by atoms with van der Waals surface area (Å²) in [6.45, 7) is 19.7. The second-order valence-corrected chi connectivity index (χ2v) is 13.0. The summed E-state index contributed by atoms with van der Waals surface area (Å²) in [4.78, 5) is 46.8. The number of carbonyl (C=O) groups is 3.